The van der Waals surface area contributed by atoms with E-state index in [-0.39, 0.29) is 6.04 Å². The number of amides is 1. The largest absolute Gasteiger partial charge is 0.471 e. The van der Waals surface area contributed by atoms with Gasteiger partial charge in [-0.25, -0.2) is 0 Å². The maximum Gasteiger partial charge on any atom is 0.471 e. The van der Waals surface area contributed by atoms with Crippen molar-refractivity contribution in [2.75, 3.05) is 19.6 Å². The van der Waals surface area contributed by atoms with E-state index in [0.29, 0.717) is 13.0 Å². The van der Waals surface area contributed by atoms with Crippen LogP contribution in [0.4, 0.5) is 13.2 Å². The molecule has 1 heterocycles. The number of carbonyl (C=O) groups is 1. The van der Waals surface area contributed by atoms with Gasteiger partial charge >= 0.3 is 12.1 Å². The average Bonchev–Trinajstić information content (AvgIpc) is 2.50. The summed E-state index contributed by atoms with van der Waals surface area (Å²) in [5, 5.41) is 1.98. The van der Waals surface area contributed by atoms with Crippen molar-refractivity contribution in [1.82, 2.24) is 10.2 Å². The molecule has 0 aromatic carbocycles. The second-order valence-corrected chi connectivity index (χ2v) is 3.35. The van der Waals surface area contributed by atoms with Crippen LogP contribution in [0.2, 0.25) is 0 Å². The topological polar surface area (TPSA) is 32.3 Å². The molecule has 0 aliphatic carbocycles. The number of rotatable bonds is 2. The van der Waals surface area contributed by atoms with Gasteiger partial charge in [-0.05, 0) is 13.0 Å². The zero-order valence-corrected chi connectivity index (χ0v) is 7.90. The molecule has 0 unspecified atom stereocenters. The van der Waals surface area contributed by atoms with Gasteiger partial charge < -0.3 is 10.2 Å². The summed E-state index contributed by atoms with van der Waals surface area (Å²) in [6.45, 7) is 4.00. The summed E-state index contributed by atoms with van der Waals surface area (Å²) < 4.78 is 35.6. The van der Waals surface area contributed by atoms with Crippen LogP contribution >= 0.6 is 0 Å². The maximum atomic E-state index is 11.9. The molecule has 1 saturated heterocycles. The van der Waals surface area contributed by atoms with Crippen molar-refractivity contribution in [2.24, 2.45) is 0 Å². The third-order valence-corrected chi connectivity index (χ3v) is 2.31. The van der Waals surface area contributed by atoms with Crippen LogP contribution in [-0.2, 0) is 4.79 Å². The Hall–Kier alpha value is -0.780. The van der Waals surface area contributed by atoms with Gasteiger partial charge in [0.05, 0.1) is 0 Å². The molecule has 1 aliphatic heterocycles. The summed E-state index contributed by atoms with van der Waals surface area (Å²) >= 11 is 0. The summed E-state index contributed by atoms with van der Waals surface area (Å²) in [5.41, 5.74) is 0. The molecule has 1 fully saturated rings. The van der Waals surface area contributed by atoms with E-state index >= 15 is 0 Å². The van der Waals surface area contributed by atoms with Crippen LogP contribution in [0.15, 0.2) is 0 Å². The van der Waals surface area contributed by atoms with Gasteiger partial charge in [0, 0.05) is 19.1 Å². The van der Waals surface area contributed by atoms with Crippen molar-refractivity contribution in [2.45, 2.75) is 25.6 Å². The Labute approximate surface area is 80.3 Å². The van der Waals surface area contributed by atoms with Gasteiger partial charge in [0.2, 0.25) is 0 Å². The minimum atomic E-state index is -4.76. The van der Waals surface area contributed by atoms with E-state index in [2.05, 4.69) is 0 Å². The zero-order valence-electron chi connectivity index (χ0n) is 7.90. The van der Waals surface area contributed by atoms with Crippen LogP contribution in [-0.4, -0.2) is 42.7 Å². The fraction of sp³-hybridized carbons (Fsp3) is 0.875. The normalized spacial score (nSPS) is 23.9. The Bertz CT molecular complexity index is 217. The van der Waals surface area contributed by atoms with Crippen LogP contribution in [0.25, 0.3) is 0 Å². The van der Waals surface area contributed by atoms with Gasteiger partial charge in [-0.3, -0.25) is 4.79 Å². The lowest BCUT2D eigenvalue weighted by Gasteiger charge is -2.15. The fourth-order valence-corrected chi connectivity index (χ4v) is 1.50. The van der Waals surface area contributed by atoms with Crippen molar-refractivity contribution >= 4 is 5.91 Å². The monoisotopic (exact) mass is 210 g/mol. The molecule has 0 bridgehead atoms. The summed E-state index contributed by atoms with van der Waals surface area (Å²) in [5.74, 6) is -1.83. The molecular formula is C8H13F3N2O. The first-order chi connectivity index (χ1) is 6.43. The molecule has 82 valence electrons. The first-order valence-corrected chi connectivity index (χ1v) is 4.53. The van der Waals surface area contributed by atoms with Crippen LogP contribution < -0.4 is 5.32 Å². The Balaban J connectivity index is 2.36. The third kappa shape index (κ3) is 2.87. The molecule has 0 aromatic rings. The number of hydrogen-bond acceptors (Lipinski definition) is 2. The lowest BCUT2D eigenvalue weighted by atomic mass is 10.2. The van der Waals surface area contributed by atoms with E-state index < -0.39 is 12.1 Å². The summed E-state index contributed by atoms with van der Waals surface area (Å²) in [4.78, 5) is 12.6. The van der Waals surface area contributed by atoms with Gasteiger partial charge in [0.1, 0.15) is 0 Å². The van der Waals surface area contributed by atoms with Crippen LogP contribution in [0, 0.1) is 0 Å². The highest BCUT2D eigenvalue weighted by molar-refractivity contribution is 5.81. The van der Waals surface area contributed by atoms with Crippen molar-refractivity contribution in [3.63, 3.8) is 0 Å². The Morgan fingerprint density at radius 1 is 1.57 bits per heavy atom. The summed E-state index contributed by atoms with van der Waals surface area (Å²) in [6, 6.07) is -0.357. The fourth-order valence-electron chi connectivity index (χ4n) is 1.50. The van der Waals surface area contributed by atoms with E-state index in [9.17, 15) is 18.0 Å². The molecule has 0 aromatic heterocycles. The van der Waals surface area contributed by atoms with Gasteiger partial charge in [-0.2, -0.15) is 13.2 Å². The third-order valence-electron chi connectivity index (χ3n) is 2.31. The molecule has 1 amide bonds. The molecule has 1 N–H and O–H groups in total. The van der Waals surface area contributed by atoms with Crippen molar-refractivity contribution < 1.29 is 18.0 Å². The van der Waals surface area contributed by atoms with Crippen LogP contribution in [0.1, 0.15) is 13.3 Å². The number of alkyl halides is 3. The van der Waals surface area contributed by atoms with Crippen LogP contribution in [0.3, 0.4) is 0 Å². The molecule has 14 heavy (non-hydrogen) atoms. The number of nitrogens with zero attached hydrogens (tertiary/aromatic N) is 1. The number of carbonyl (C=O) groups excluding carboxylic acids is 1. The molecule has 1 aliphatic rings. The van der Waals surface area contributed by atoms with Gasteiger partial charge in [0.15, 0.2) is 0 Å². The van der Waals surface area contributed by atoms with Crippen LogP contribution in [0.5, 0.6) is 0 Å². The highest BCUT2D eigenvalue weighted by Gasteiger charge is 2.40. The van der Waals surface area contributed by atoms with E-state index in [4.69, 9.17) is 0 Å². The quantitative estimate of drug-likeness (QED) is 0.729. The molecule has 0 radical (unpaired) electrons. The van der Waals surface area contributed by atoms with E-state index in [1.165, 1.54) is 0 Å². The number of likely N-dealkylation sites (tertiary alicyclic amines) is 1. The Kier molecular flexibility index (Phi) is 3.36. The smallest absolute Gasteiger partial charge is 0.344 e. The summed E-state index contributed by atoms with van der Waals surface area (Å²) in [7, 11) is 0. The van der Waals surface area contributed by atoms with Crippen molar-refractivity contribution in [1.29, 1.82) is 0 Å². The molecule has 0 spiro atoms. The average molecular weight is 210 g/mol. The molecule has 1 rings (SSSR count). The number of nitrogens with one attached hydrogen (secondary N) is 1. The summed E-state index contributed by atoms with van der Waals surface area (Å²) in [6.07, 6.45) is -4.17. The molecule has 3 nitrogen and oxygen atoms in total. The Morgan fingerprint density at radius 3 is 2.64 bits per heavy atom. The van der Waals surface area contributed by atoms with Gasteiger partial charge in [0.25, 0.3) is 0 Å². The van der Waals surface area contributed by atoms with Crippen molar-refractivity contribution in [3.8, 4) is 0 Å². The maximum absolute atomic E-state index is 11.9. The van der Waals surface area contributed by atoms with Gasteiger partial charge in [-0.15, -0.1) is 0 Å². The minimum absolute atomic E-state index is 0.357. The molecule has 6 heteroatoms. The number of hydrogen-bond donors (Lipinski definition) is 1. The standard InChI is InChI=1S/C8H13F3N2O/c1-2-13-4-3-6(5-13)12-7(14)8(9,10)11/h6H,2-5H2,1H3,(H,12,14)/t6-/m0/s1. The van der Waals surface area contributed by atoms with Crippen molar-refractivity contribution in [3.05, 3.63) is 0 Å². The predicted molar refractivity (Wildman–Crippen MR) is 44.7 cm³/mol. The number of halogens is 3. The molecule has 1 atom stereocenters. The lowest BCUT2D eigenvalue weighted by Crippen LogP contribution is -2.44. The first-order valence-electron chi connectivity index (χ1n) is 4.53. The highest BCUT2D eigenvalue weighted by atomic mass is 19.4. The Morgan fingerprint density at radius 2 is 2.21 bits per heavy atom. The number of likely N-dealkylation sites (N-methyl/N-ethyl adjacent to an activating group) is 1. The molecular weight excluding hydrogens is 197 g/mol. The van der Waals surface area contributed by atoms with E-state index in [1.54, 1.807) is 0 Å². The predicted octanol–water partition coefficient (Wildman–Crippen LogP) is 0.759. The zero-order chi connectivity index (χ0) is 10.8. The first kappa shape index (κ1) is 11.3. The van der Waals surface area contributed by atoms with E-state index in [0.717, 1.165) is 13.1 Å². The molecule has 0 saturated carbocycles. The minimum Gasteiger partial charge on any atom is -0.344 e. The van der Waals surface area contributed by atoms with E-state index in [1.807, 2.05) is 17.1 Å². The van der Waals surface area contributed by atoms with Gasteiger partial charge in [-0.1, -0.05) is 6.92 Å². The second kappa shape index (κ2) is 4.16. The lowest BCUT2D eigenvalue weighted by molar-refractivity contribution is -0.174. The highest BCUT2D eigenvalue weighted by Crippen LogP contribution is 2.16. The second-order valence-electron chi connectivity index (χ2n) is 3.35. The SMILES string of the molecule is CCN1CC[C@H](NC(=O)C(F)(F)F)C1.